The minimum absolute atomic E-state index is 0.0563. The summed E-state index contributed by atoms with van der Waals surface area (Å²) in [4.78, 5) is 37.1. The van der Waals surface area contributed by atoms with Crippen LogP contribution in [-0.4, -0.2) is 94.4 Å². The average Bonchev–Trinajstić information content (AvgIpc) is 3.30. The molecule has 12 nitrogen and oxygen atoms in total. The first kappa shape index (κ1) is 31.4. The molecule has 0 bridgehead atoms. The molecule has 0 saturated carbocycles. The SMILES string of the molecule is CCO[C@@H]1OC(C)(C(=O)NCCCCC(NC(=O)OCC2c3ccccc3-c3ccccc32)C(=O)O)[C@@H](O)[C@H](O)C1O. The molecule has 6 N–H and O–H groups in total. The van der Waals surface area contributed by atoms with Crippen molar-refractivity contribution < 1.29 is 49.0 Å². The number of hydrogen-bond donors (Lipinski definition) is 6. The highest BCUT2D eigenvalue weighted by atomic mass is 16.7. The van der Waals surface area contributed by atoms with E-state index in [1.165, 1.54) is 6.92 Å². The van der Waals surface area contributed by atoms with Gasteiger partial charge in [-0.2, -0.15) is 0 Å². The number of ether oxygens (including phenoxy) is 3. The van der Waals surface area contributed by atoms with Crippen LogP contribution in [0.25, 0.3) is 11.1 Å². The number of fused-ring (bicyclic) bond motifs is 3. The first-order valence-electron chi connectivity index (χ1n) is 14.0. The van der Waals surface area contributed by atoms with Crippen molar-refractivity contribution in [3.63, 3.8) is 0 Å². The summed E-state index contributed by atoms with van der Waals surface area (Å²) in [6.45, 7) is 3.25. The molecule has 1 aliphatic carbocycles. The summed E-state index contributed by atoms with van der Waals surface area (Å²) >= 11 is 0. The molecule has 1 saturated heterocycles. The van der Waals surface area contributed by atoms with Crippen LogP contribution in [0.15, 0.2) is 48.5 Å². The molecule has 3 unspecified atom stereocenters. The van der Waals surface area contributed by atoms with Gasteiger partial charge in [-0.05, 0) is 55.4 Å². The van der Waals surface area contributed by atoms with Gasteiger partial charge < -0.3 is 45.3 Å². The average molecular weight is 587 g/mol. The van der Waals surface area contributed by atoms with Gasteiger partial charge in [-0.1, -0.05) is 48.5 Å². The number of carbonyl (C=O) groups excluding carboxylic acids is 2. The van der Waals surface area contributed by atoms with Gasteiger partial charge in [0.15, 0.2) is 11.9 Å². The van der Waals surface area contributed by atoms with Crippen molar-refractivity contribution in [2.75, 3.05) is 19.8 Å². The summed E-state index contributed by atoms with van der Waals surface area (Å²) in [5.41, 5.74) is 2.37. The van der Waals surface area contributed by atoms with Crippen molar-refractivity contribution in [2.45, 2.75) is 75.3 Å². The van der Waals surface area contributed by atoms with E-state index < -0.39 is 54.2 Å². The molecule has 228 valence electrons. The Morgan fingerprint density at radius 2 is 1.60 bits per heavy atom. The van der Waals surface area contributed by atoms with E-state index in [0.717, 1.165) is 22.3 Å². The molecule has 6 atom stereocenters. The van der Waals surface area contributed by atoms with Crippen LogP contribution in [0.4, 0.5) is 4.79 Å². The smallest absolute Gasteiger partial charge is 0.407 e. The predicted octanol–water partition coefficient (Wildman–Crippen LogP) is 1.50. The summed E-state index contributed by atoms with van der Waals surface area (Å²) in [5.74, 6) is -2.10. The van der Waals surface area contributed by atoms with Crippen LogP contribution >= 0.6 is 0 Å². The van der Waals surface area contributed by atoms with E-state index in [9.17, 15) is 34.8 Å². The Balaban J connectivity index is 1.23. The van der Waals surface area contributed by atoms with Crippen molar-refractivity contribution in [3.05, 3.63) is 59.7 Å². The van der Waals surface area contributed by atoms with E-state index in [4.69, 9.17) is 14.2 Å². The second-order valence-corrected chi connectivity index (χ2v) is 10.6. The monoisotopic (exact) mass is 586 g/mol. The third-order valence-corrected chi connectivity index (χ3v) is 7.80. The highest BCUT2D eigenvalue weighted by Gasteiger charge is 2.55. The Hall–Kier alpha value is -3.55. The highest BCUT2D eigenvalue weighted by molar-refractivity contribution is 5.86. The van der Waals surface area contributed by atoms with E-state index in [0.29, 0.717) is 12.8 Å². The van der Waals surface area contributed by atoms with Gasteiger partial charge in [-0.15, -0.1) is 0 Å². The van der Waals surface area contributed by atoms with Crippen LogP contribution in [0.2, 0.25) is 0 Å². The van der Waals surface area contributed by atoms with Gasteiger partial charge >= 0.3 is 12.1 Å². The Morgan fingerprint density at radius 3 is 2.19 bits per heavy atom. The Labute approximate surface area is 243 Å². The summed E-state index contributed by atoms with van der Waals surface area (Å²) in [6, 6.07) is 14.6. The lowest BCUT2D eigenvalue weighted by Gasteiger charge is -2.45. The molecule has 1 heterocycles. The maximum Gasteiger partial charge on any atom is 0.407 e. The molecule has 2 aliphatic rings. The van der Waals surface area contributed by atoms with Crippen molar-refractivity contribution >= 4 is 18.0 Å². The molecule has 0 spiro atoms. The number of carboxylic acids is 1. The maximum atomic E-state index is 12.8. The van der Waals surface area contributed by atoms with Crippen LogP contribution in [0.1, 0.15) is 50.2 Å². The minimum atomic E-state index is -1.88. The largest absolute Gasteiger partial charge is 0.480 e. The van der Waals surface area contributed by atoms with Crippen LogP contribution in [0.3, 0.4) is 0 Å². The molecule has 0 aromatic heterocycles. The zero-order chi connectivity index (χ0) is 30.4. The van der Waals surface area contributed by atoms with Crippen molar-refractivity contribution in [1.29, 1.82) is 0 Å². The molecule has 4 rings (SSSR count). The standard InChI is InChI=1S/C30H38N2O10/c1-3-40-27-24(34)23(33)25(35)30(2,42-27)28(38)31-15-9-8-14-22(26(36)37)32-29(39)41-16-21-19-12-6-4-10-17(19)18-11-5-7-13-20(18)21/h4-7,10-13,21-25,27,33-35H,3,8-9,14-16H2,1-2H3,(H,31,38)(H,32,39)(H,36,37)/t22?,23-,24?,25+,27-,30?/m1/s1. The maximum absolute atomic E-state index is 12.8. The summed E-state index contributed by atoms with van der Waals surface area (Å²) in [5, 5.41) is 45.2. The molecule has 2 aromatic carbocycles. The normalized spacial score (nSPS) is 25.6. The topological polar surface area (TPSA) is 184 Å². The number of aliphatic hydroxyl groups excluding tert-OH is 3. The van der Waals surface area contributed by atoms with E-state index in [1.54, 1.807) is 6.92 Å². The number of nitrogens with one attached hydrogen (secondary N) is 2. The lowest BCUT2D eigenvalue weighted by molar-refractivity contribution is -0.317. The van der Waals surface area contributed by atoms with Gasteiger partial charge in [0.1, 0.15) is 31.0 Å². The first-order chi connectivity index (χ1) is 20.1. The van der Waals surface area contributed by atoms with Crippen LogP contribution in [0.5, 0.6) is 0 Å². The third-order valence-electron chi connectivity index (χ3n) is 7.80. The second-order valence-electron chi connectivity index (χ2n) is 10.6. The summed E-state index contributed by atoms with van der Waals surface area (Å²) in [7, 11) is 0. The minimum Gasteiger partial charge on any atom is -0.480 e. The van der Waals surface area contributed by atoms with Gasteiger partial charge in [-0.3, -0.25) is 4.79 Å². The van der Waals surface area contributed by atoms with E-state index in [2.05, 4.69) is 10.6 Å². The lowest BCUT2D eigenvalue weighted by atomic mass is 9.87. The van der Waals surface area contributed by atoms with Crippen LogP contribution in [-0.2, 0) is 23.8 Å². The number of aliphatic carboxylic acids is 1. The van der Waals surface area contributed by atoms with Crippen LogP contribution < -0.4 is 10.6 Å². The Kier molecular flexibility index (Phi) is 10.2. The summed E-state index contributed by atoms with van der Waals surface area (Å²) in [6.07, 6.45) is -6.25. The molecular formula is C30H38N2O10. The zero-order valence-electron chi connectivity index (χ0n) is 23.6. The fraction of sp³-hybridized carbons (Fsp3) is 0.500. The fourth-order valence-electron chi connectivity index (χ4n) is 5.43. The fourth-order valence-corrected chi connectivity index (χ4v) is 5.43. The number of rotatable bonds is 12. The van der Waals surface area contributed by atoms with Gasteiger partial charge in [0.2, 0.25) is 0 Å². The molecule has 42 heavy (non-hydrogen) atoms. The number of carboxylic acid groups (broad SMARTS) is 1. The number of alkyl carbamates (subject to hydrolysis) is 1. The number of aliphatic hydroxyl groups is 3. The Morgan fingerprint density at radius 1 is 0.976 bits per heavy atom. The molecule has 2 amide bonds. The number of hydrogen-bond acceptors (Lipinski definition) is 9. The third kappa shape index (κ3) is 6.58. The van der Waals surface area contributed by atoms with Gasteiger partial charge in [0.05, 0.1) is 0 Å². The van der Waals surface area contributed by atoms with Crippen molar-refractivity contribution in [2.24, 2.45) is 0 Å². The van der Waals surface area contributed by atoms with Crippen LogP contribution in [0, 0.1) is 0 Å². The zero-order valence-corrected chi connectivity index (χ0v) is 23.6. The lowest BCUT2D eigenvalue weighted by Crippen LogP contribution is -2.68. The number of amides is 2. The van der Waals surface area contributed by atoms with E-state index in [-0.39, 0.29) is 32.1 Å². The van der Waals surface area contributed by atoms with Gasteiger partial charge in [0, 0.05) is 19.1 Å². The Bertz CT molecular complexity index is 1230. The molecule has 12 heteroatoms. The molecule has 0 radical (unpaired) electrons. The number of benzene rings is 2. The summed E-state index contributed by atoms with van der Waals surface area (Å²) < 4.78 is 16.2. The highest BCUT2D eigenvalue weighted by Crippen LogP contribution is 2.44. The van der Waals surface area contributed by atoms with Crippen molar-refractivity contribution in [1.82, 2.24) is 10.6 Å². The van der Waals surface area contributed by atoms with Gasteiger partial charge in [-0.25, -0.2) is 9.59 Å². The van der Waals surface area contributed by atoms with Crippen molar-refractivity contribution in [3.8, 4) is 11.1 Å². The predicted molar refractivity (Wildman–Crippen MR) is 149 cm³/mol. The van der Waals surface area contributed by atoms with E-state index >= 15 is 0 Å². The molecular weight excluding hydrogens is 548 g/mol. The quantitative estimate of drug-likeness (QED) is 0.199. The van der Waals surface area contributed by atoms with E-state index in [1.807, 2.05) is 48.5 Å². The molecule has 2 aromatic rings. The number of unbranched alkanes of at least 4 members (excludes halogenated alkanes) is 1. The second kappa shape index (κ2) is 13.6. The molecule has 1 aliphatic heterocycles. The molecule has 1 fully saturated rings. The first-order valence-corrected chi connectivity index (χ1v) is 14.0. The van der Waals surface area contributed by atoms with Gasteiger partial charge in [0.25, 0.3) is 5.91 Å². The number of carbonyl (C=O) groups is 3.